The van der Waals surface area contributed by atoms with Crippen molar-refractivity contribution in [3.05, 3.63) is 28.8 Å². The average molecular weight is 284 g/mol. The molecule has 3 heteroatoms. The van der Waals surface area contributed by atoms with Gasteiger partial charge < -0.3 is 10.0 Å². The molecular weight excluding hydrogens is 258 g/mol. The molecule has 0 amide bonds. The summed E-state index contributed by atoms with van der Waals surface area (Å²) >= 11 is 6.21. The van der Waals surface area contributed by atoms with Crippen LogP contribution in [0.3, 0.4) is 0 Å². The summed E-state index contributed by atoms with van der Waals surface area (Å²) in [4.78, 5) is 2.44. The standard InChI is InChI=1S/C16H26ClNO/c1-5-14(6-2)18(10-12(3)4)15-8-7-13(11-19)16(17)9-15/h7-9,12,14,19H,5-6,10-11H2,1-4H3. The first kappa shape index (κ1) is 16.3. The minimum Gasteiger partial charge on any atom is -0.392 e. The Morgan fingerprint density at radius 1 is 1.21 bits per heavy atom. The van der Waals surface area contributed by atoms with Crippen LogP contribution in [0.4, 0.5) is 5.69 Å². The topological polar surface area (TPSA) is 23.5 Å². The maximum absolute atomic E-state index is 9.20. The van der Waals surface area contributed by atoms with Crippen molar-refractivity contribution in [2.24, 2.45) is 5.92 Å². The van der Waals surface area contributed by atoms with Crippen LogP contribution in [0.2, 0.25) is 5.02 Å². The van der Waals surface area contributed by atoms with Gasteiger partial charge in [0.2, 0.25) is 0 Å². The predicted octanol–water partition coefficient (Wildman–Crippen LogP) is 4.48. The third-order valence-electron chi connectivity index (χ3n) is 3.48. The molecule has 1 rings (SSSR count). The molecule has 0 aliphatic heterocycles. The molecule has 0 atom stereocenters. The molecule has 1 aromatic rings. The third-order valence-corrected chi connectivity index (χ3v) is 3.84. The second-order valence-electron chi connectivity index (χ2n) is 5.45. The summed E-state index contributed by atoms with van der Waals surface area (Å²) in [6, 6.07) is 6.51. The highest BCUT2D eigenvalue weighted by Gasteiger charge is 2.17. The number of nitrogens with zero attached hydrogens (tertiary/aromatic N) is 1. The van der Waals surface area contributed by atoms with Crippen molar-refractivity contribution >= 4 is 17.3 Å². The van der Waals surface area contributed by atoms with Gasteiger partial charge in [-0.3, -0.25) is 0 Å². The van der Waals surface area contributed by atoms with Crippen molar-refractivity contribution in [1.29, 1.82) is 0 Å². The Hall–Kier alpha value is -0.730. The molecule has 0 fully saturated rings. The first-order valence-electron chi connectivity index (χ1n) is 7.19. The van der Waals surface area contributed by atoms with Crippen LogP contribution in [-0.4, -0.2) is 17.7 Å². The molecule has 19 heavy (non-hydrogen) atoms. The molecule has 0 unspecified atom stereocenters. The first-order chi connectivity index (χ1) is 9.03. The average Bonchev–Trinajstić information content (AvgIpc) is 2.38. The Bertz CT molecular complexity index is 388. The number of benzene rings is 1. The van der Waals surface area contributed by atoms with E-state index >= 15 is 0 Å². The molecule has 0 bridgehead atoms. The maximum Gasteiger partial charge on any atom is 0.0696 e. The van der Waals surface area contributed by atoms with Crippen LogP contribution in [0.25, 0.3) is 0 Å². The van der Waals surface area contributed by atoms with Gasteiger partial charge in [-0.05, 0) is 36.5 Å². The van der Waals surface area contributed by atoms with Crippen molar-refractivity contribution < 1.29 is 5.11 Å². The second-order valence-corrected chi connectivity index (χ2v) is 5.86. The molecule has 0 aromatic heterocycles. The number of hydrogen-bond donors (Lipinski definition) is 1. The number of hydrogen-bond acceptors (Lipinski definition) is 2. The van der Waals surface area contributed by atoms with E-state index in [1.54, 1.807) is 0 Å². The lowest BCUT2D eigenvalue weighted by Crippen LogP contribution is -2.37. The van der Waals surface area contributed by atoms with Crippen molar-refractivity contribution in [3.8, 4) is 0 Å². The van der Waals surface area contributed by atoms with E-state index in [-0.39, 0.29) is 6.61 Å². The number of rotatable bonds is 7. The fourth-order valence-electron chi connectivity index (χ4n) is 2.43. The Labute approximate surface area is 122 Å². The van der Waals surface area contributed by atoms with E-state index in [9.17, 15) is 5.11 Å². The Morgan fingerprint density at radius 3 is 2.26 bits per heavy atom. The van der Waals surface area contributed by atoms with Crippen LogP contribution in [0.1, 0.15) is 46.1 Å². The molecule has 0 saturated carbocycles. The van der Waals surface area contributed by atoms with Crippen LogP contribution in [0.5, 0.6) is 0 Å². The van der Waals surface area contributed by atoms with Crippen molar-refractivity contribution in [1.82, 2.24) is 0 Å². The smallest absolute Gasteiger partial charge is 0.0696 e. The Kier molecular flexibility index (Phi) is 6.67. The minimum atomic E-state index is -0.00568. The van der Waals surface area contributed by atoms with Gasteiger partial charge in [0.25, 0.3) is 0 Å². The highest BCUT2D eigenvalue weighted by atomic mass is 35.5. The van der Waals surface area contributed by atoms with E-state index < -0.39 is 0 Å². The third kappa shape index (κ3) is 4.39. The molecule has 2 nitrogen and oxygen atoms in total. The summed E-state index contributed by atoms with van der Waals surface area (Å²) in [6.45, 7) is 9.95. The number of halogens is 1. The van der Waals surface area contributed by atoms with Gasteiger partial charge in [-0.1, -0.05) is 45.4 Å². The number of aliphatic hydroxyl groups is 1. The van der Waals surface area contributed by atoms with Gasteiger partial charge in [-0.25, -0.2) is 0 Å². The van der Waals surface area contributed by atoms with Crippen LogP contribution in [0.15, 0.2) is 18.2 Å². The van der Waals surface area contributed by atoms with Crippen LogP contribution in [-0.2, 0) is 6.61 Å². The van der Waals surface area contributed by atoms with Gasteiger partial charge in [-0.2, -0.15) is 0 Å². The monoisotopic (exact) mass is 283 g/mol. The summed E-state index contributed by atoms with van der Waals surface area (Å²) in [7, 11) is 0. The van der Waals surface area contributed by atoms with E-state index in [4.69, 9.17) is 11.6 Å². The molecule has 0 heterocycles. The Balaban J connectivity index is 3.05. The highest BCUT2D eigenvalue weighted by molar-refractivity contribution is 6.31. The lowest BCUT2D eigenvalue weighted by atomic mass is 10.1. The van der Waals surface area contributed by atoms with Crippen molar-refractivity contribution in [2.75, 3.05) is 11.4 Å². The van der Waals surface area contributed by atoms with Gasteiger partial charge in [0, 0.05) is 23.3 Å². The molecule has 0 saturated heterocycles. The van der Waals surface area contributed by atoms with E-state index in [0.717, 1.165) is 30.6 Å². The van der Waals surface area contributed by atoms with E-state index in [2.05, 4.69) is 38.7 Å². The lowest BCUT2D eigenvalue weighted by Gasteiger charge is -2.34. The van der Waals surface area contributed by atoms with Gasteiger partial charge in [-0.15, -0.1) is 0 Å². The zero-order chi connectivity index (χ0) is 14.4. The Morgan fingerprint density at radius 2 is 1.84 bits per heavy atom. The molecule has 0 radical (unpaired) electrons. The van der Waals surface area contributed by atoms with Crippen LogP contribution < -0.4 is 4.90 Å². The SMILES string of the molecule is CCC(CC)N(CC(C)C)c1ccc(CO)c(Cl)c1. The summed E-state index contributed by atoms with van der Waals surface area (Å²) in [6.07, 6.45) is 2.26. The quantitative estimate of drug-likeness (QED) is 0.797. The number of aliphatic hydroxyl groups excluding tert-OH is 1. The van der Waals surface area contributed by atoms with E-state index in [0.29, 0.717) is 17.0 Å². The van der Waals surface area contributed by atoms with Gasteiger partial charge in [0.1, 0.15) is 0 Å². The molecule has 0 aliphatic carbocycles. The van der Waals surface area contributed by atoms with Crippen molar-refractivity contribution in [2.45, 2.75) is 53.2 Å². The lowest BCUT2D eigenvalue weighted by molar-refractivity contribution is 0.282. The molecule has 108 valence electrons. The van der Waals surface area contributed by atoms with Gasteiger partial charge in [0.05, 0.1) is 6.61 Å². The molecule has 0 aliphatic rings. The largest absolute Gasteiger partial charge is 0.392 e. The predicted molar refractivity (Wildman–Crippen MR) is 83.9 cm³/mol. The molecule has 1 aromatic carbocycles. The summed E-state index contributed by atoms with van der Waals surface area (Å²) in [5.41, 5.74) is 1.95. The van der Waals surface area contributed by atoms with Crippen LogP contribution >= 0.6 is 11.6 Å². The second kappa shape index (κ2) is 7.76. The fourth-order valence-corrected chi connectivity index (χ4v) is 2.67. The minimum absolute atomic E-state index is 0.00568. The van der Waals surface area contributed by atoms with Gasteiger partial charge in [0.15, 0.2) is 0 Å². The number of anilines is 1. The maximum atomic E-state index is 9.20. The molecule has 1 N–H and O–H groups in total. The molecular formula is C16H26ClNO. The zero-order valence-electron chi connectivity index (χ0n) is 12.5. The van der Waals surface area contributed by atoms with Crippen LogP contribution in [0, 0.1) is 5.92 Å². The summed E-state index contributed by atoms with van der Waals surface area (Å²) in [5, 5.41) is 9.85. The van der Waals surface area contributed by atoms with Crippen molar-refractivity contribution in [3.63, 3.8) is 0 Å². The summed E-state index contributed by atoms with van der Waals surface area (Å²) < 4.78 is 0. The normalized spacial score (nSPS) is 11.4. The highest BCUT2D eigenvalue weighted by Crippen LogP contribution is 2.27. The van der Waals surface area contributed by atoms with E-state index in [1.807, 2.05) is 12.1 Å². The van der Waals surface area contributed by atoms with E-state index in [1.165, 1.54) is 0 Å². The first-order valence-corrected chi connectivity index (χ1v) is 7.57. The summed E-state index contributed by atoms with van der Waals surface area (Å²) in [5.74, 6) is 0.608. The molecule has 0 spiro atoms. The van der Waals surface area contributed by atoms with Gasteiger partial charge >= 0.3 is 0 Å². The zero-order valence-corrected chi connectivity index (χ0v) is 13.2. The fraction of sp³-hybridized carbons (Fsp3) is 0.625.